The Morgan fingerprint density at radius 3 is 1.00 bits per heavy atom. The zero-order chi connectivity index (χ0) is 18.1. The van der Waals surface area contributed by atoms with E-state index in [2.05, 4.69) is 96.1 Å². The summed E-state index contributed by atoms with van der Waals surface area (Å²) in [6.45, 7) is 13.4. The van der Waals surface area contributed by atoms with Gasteiger partial charge in [0, 0.05) is 16.7 Å². The number of rotatable bonds is 3. The second-order valence-corrected chi connectivity index (χ2v) is 8.83. The van der Waals surface area contributed by atoms with Crippen LogP contribution >= 0.6 is 0 Å². The van der Waals surface area contributed by atoms with Crippen LogP contribution < -0.4 is 0 Å². The number of benzene rings is 3. The first kappa shape index (κ1) is 17.8. The second-order valence-electron chi connectivity index (χ2n) is 6.90. The van der Waals surface area contributed by atoms with Gasteiger partial charge >= 0.3 is 0 Å². The molecule has 0 aliphatic carbocycles. The first-order valence-electron chi connectivity index (χ1n) is 8.84. The molecule has 0 aliphatic rings. The van der Waals surface area contributed by atoms with Gasteiger partial charge in [0.15, 0.2) is 14.7 Å². The highest BCUT2D eigenvalue weighted by Gasteiger charge is 2.34. The van der Waals surface area contributed by atoms with Crippen molar-refractivity contribution in [2.24, 2.45) is 0 Å². The van der Waals surface area contributed by atoms with Gasteiger partial charge in [-0.25, -0.2) is 0 Å². The fraction of sp³-hybridized carbons (Fsp3) is 0.250. The molecular formula is C24H27S+. The third kappa shape index (κ3) is 3.26. The monoisotopic (exact) mass is 347 g/mol. The van der Waals surface area contributed by atoms with Crippen LogP contribution in [0.5, 0.6) is 0 Å². The van der Waals surface area contributed by atoms with Crippen LogP contribution in [-0.4, -0.2) is 0 Å². The molecule has 0 fully saturated rings. The molecule has 3 aromatic rings. The van der Waals surface area contributed by atoms with Gasteiger partial charge in [0.1, 0.15) is 10.9 Å². The van der Waals surface area contributed by atoms with E-state index in [1.807, 2.05) is 0 Å². The molecule has 1 heteroatoms. The second kappa shape index (κ2) is 7.09. The molecule has 0 nitrogen and oxygen atoms in total. The Labute approximate surface area is 155 Å². The number of hydrogen-bond acceptors (Lipinski definition) is 0. The molecule has 0 atom stereocenters. The Balaban J connectivity index is 2.35. The SMILES string of the molecule is Cc1cccc([S+](c2cccc(C)c2C)c2cccc(C)c2C)c1C. The van der Waals surface area contributed by atoms with Crippen molar-refractivity contribution < 1.29 is 0 Å². The maximum atomic E-state index is 2.31. The summed E-state index contributed by atoms with van der Waals surface area (Å²) in [5.74, 6) is 0. The molecule has 0 spiro atoms. The molecule has 0 unspecified atom stereocenters. The molecule has 0 saturated carbocycles. The van der Waals surface area contributed by atoms with Crippen LogP contribution in [-0.2, 0) is 10.9 Å². The Bertz CT molecular complexity index is 799. The third-order valence-corrected chi connectivity index (χ3v) is 7.97. The van der Waals surface area contributed by atoms with Crippen LogP contribution in [0.1, 0.15) is 33.4 Å². The summed E-state index contributed by atoms with van der Waals surface area (Å²) >= 11 is 0. The summed E-state index contributed by atoms with van der Waals surface area (Å²) in [7, 11) is -0.0802. The highest BCUT2D eigenvalue weighted by Crippen LogP contribution is 2.38. The van der Waals surface area contributed by atoms with Gasteiger partial charge in [-0.1, -0.05) is 36.4 Å². The highest BCUT2D eigenvalue weighted by atomic mass is 32.2. The zero-order valence-electron chi connectivity index (χ0n) is 16.1. The topological polar surface area (TPSA) is 0 Å². The van der Waals surface area contributed by atoms with Crippen molar-refractivity contribution >= 4 is 10.9 Å². The maximum Gasteiger partial charge on any atom is 0.169 e. The molecule has 0 N–H and O–H groups in total. The van der Waals surface area contributed by atoms with Crippen LogP contribution in [0.3, 0.4) is 0 Å². The molecule has 0 aliphatic heterocycles. The molecule has 0 amide bonds. The fourth-order valence-electron chi connectivity index (χ4n) is 3.19. The van der Waals surface area contributed by atoms with Crippen molar-refractivity contribution in [1.82, 2.24) is 0 Å². The van der Waals surface area contributed by atoms with Gasteiger partial charge in [-0.3, -0.25) is 0 Å². The lowest BCUT2D eigenvalue weighted by molar-refractivity contribution is 1.15. The summed E-state index contributed by atoms with van der Waals surface area (Å²) < 4.78 is 0. The van der Waals surface area contributed by atoms with Crippen LogP contribution in [0.4, 0.5) is 0 Å². The summed E-state index contributed by atoms with van der Waals surface area (Å²) in [6.07, 6.45) is 0. The van der Waals surface area contributed by atoms with E-state index in [0.29, 0.717) is 0 Å². The van der Waals surface area contributed by atoms with E-state index in [0.717, 1.165) is 0 Å². The van der Waals surface area contributed by atoms with Crippen molar-refractivity contribution in [2.45, 2.75) is 56.2 Å². The van der Waals surface area contributed by atoms with Crippen LogP contribution in [0.2, 0.25) is 0 Å². The van der Waals surface area contributed by atoms with E-state index in [4.69, 9.17) is 0 Å². The molecule has 3 aromatic carbocycles. The van der Waals surface area contributed by atoms with Crippen molar-refractivity contribution in [3.8, 4) is 0 Å². The van der Waals surface area contributed by atoms with Gasteiger partial charge in [0.25, 0.3) is 0 Å². The average Bonchev–Trinajstić information content (AvgIpc) is 2.59. The lowest BCUT2D eigenvalue weighted by Gasteiger charge is -2.16. The number of aryl methyl sites for hydroxylation is 3. The Kier molecular flexibility index (Phi) is 5.06. The zero-order valence-corrected chi connectivity index (χ0v) is 16.9. The predicted octanol–water partition coefficient (Wildman–Crippen LogP) is 6.63. The molecule has 0 radical (unpaired) electrons. The van der Waals surface area contributed by atoms with E-state index < -0.39 is 0 Å². The average molecular weight is 348 g/mol. The molecule has 0 heterocycles. The van der Waals surface area contributed by atoms with E-state index >= 15 is 0 Å². The predicted molar refractivity (Wildman–Crippen MR) is 110 cm³/mol. The standard InChI is InChI=1S/C24H27S/c1-16-10-7-13-22(19(16)4)25(23-14-8-11-17(2)20(23)5)24-15-9-12-18(3)21(24)6/h7-15H,1-6H3/q+1. The first-order chi connectivity index (χ1) is 11.9. The Morgan fingerprint density at radius 1 is 0.440 bits per heavy atom. The summed E-state index contributed by atoms with van der Waals surface area (Å²) in [4.78, 5) is 4.34. The molecule has 25 heavy (non-hydrogen) atoms. The lowest BCUT2D eigenvalue weighted by Crippen LogP contribution is -2.11. The summed E-state index contributed by atoms with van der Waals surface area (Å²) in [6, 6.07) is 20.2. The molecular weight excluding hydrogens is 320 g/mol. The third-order valence-electron chi connectivity index (χ3n) is 5.32. The van der Waals surface area contributed by atoms with Gasteiger partial charge in [-0.2, -0.15) is 0 Å². The molecule has 0 bridgehead atoms. The van der Waals surface area contributed by atoms with Crippen molar-refractivity contribution in [3.63, 3.8) is 0 Å². The van der Waals surface area contributed by atoms with Gasteiger partial charge < -0.3 is 0 Å². The maximum absolute atomic E-state index is 2.31. The normalized spacial score (nSPS) is 11.2. The van der Waals surface area contributed by atoms with E-state index in [9.17, 15) is 0 Å². The molecule has 3 rings (SSSR count). The first-order valence-corrected chi connectivity index (χ1v) is 10.1. The summed E-state index contributed by atoms with van der Waals surface area (Å²) in [5, 5.41) is 0. The Hall–Kier alpha value is -1.99. The van der Waals surface area contributed by atoms with Crippen LogP contribution in [0.15, 0.2) is 69.3 Å². The Morgan fingerprint density at radius 2 is 0.720 bits per heavy atom. The van der Waals surface area contributed by atoms with Gasteiger partial charge in [0.05, 0.1) is 0 Å². The van der Waals surface area contributed by atoms with Crippen LogP contribution in [0.25, 0.3) is 0 Å². The van der Waals surface area contributed by atoms with Crippen molar-refractivity contribution in [1.29, 1.82) is 0 Å². The minimum absolute atomic E-state index is 0.0802. The fourth-order valence-corrected chi connectivity index (χ4v) is 5.95. The minimum atomic E-state index is -0.0802. The largest absolute Gasteiger partial charge is 0.169 e. The molecule has 0 saturated heterocycles. The van der Waals surface area contributed by atoms with Gasteiger partial charge in [-0.15, -0.1) is 0 Å². The van der Waals surface area contributed by atoms with Gasteiger partial charge in [0.2, 0.25) is 0 Å². The van der Waals surface area contributed by atoms with Crippen molar-refractivity contribution in [2.75, 3.05) is 0 Å². The van der Waals surface area contributed by atoms with E-state index in [1.165, 1.54) is 48.1 Å². The highest BCUT2D eigenvalue weighted by molar-refractivity contribution is 7.97. The molecule has 0 aromatic heterocycles. The lowest BCUT2D eigenvalue weighted by atomic mass is 10.1. The molecule has 128 valence electrons. The smallest absolute Gasteiger partial charge is 0.0587 e. The van der Waals surface area contributed by atoms with E-state index in [1.54, 1.807) is 0 Å². The van der Waals surface area contributed by atoms with E-state index in [-0.39, 0.29) is 10.9 Å². The number of hydrogen-bond donors (Lipinski definition) is 0. The minimum Gasteiger partial charge on any atom is -0.0587 e. The van der Waals surface area contributed by atoms with Crippen molar-refractivity contribution in [3.05, 3.63) is 88.0 Å². The quantitative estimate of drug-likeness (QED) is 0.466. The summed E-state index contributed by atoms with van der Waals surface area (Å²) in [5.41, 5.74) is 8.33. The van der Waals surface area contributed by atoms with Gasteiger partial charge in [-0.05, 0) is 76.4 Å². The van der Waals surface area contributed by atoms with Crippen LogP contribution in [0, 0.1) is 41.5 Å².